The van der Waals surface area contributed by atoms with Gasteiger partial charge < -0.3 is 10.0 Å². The summed E-state index contributed by atoms with van der Waals surface area (Å²) < 4.78 is 0. The van der Waals surface area contributed by atoms with Gasteiger partial charge in [0.05, 0.1) is 23.5 Å². The maximum absolute atomic E-state index is 12.9. The van der Waals surface area contributed by atoms with Crippen molar-refractivity contribution in [2.45, 2.75) is 50.4 Å². The largest absolute Gasteiger partial charge is 0.383 e. The molecule has 0 aliphatic carbocycles. The van der Waals surface area contributed by atoms with Gasteiger partial charge in [0, 0.05) is 26.1 Å². The van der Waals surface area contributed by atoms with Crippen LogP contribution in [0.25, 0.3) is 0 Å². The van der Waals surface area contributed by atoms with E-state index in [0.717, 1.165) is 19.6 Å². The number of amides is 3. The van der Waals surface area contributed by atoms with Gasteiger partial charge in [0.15, 0.2) is 0 Å². The highest BCUT2D eigenvalue weighted by molar-refractivity contribution is 6.05. The molecule has 1 aromatic heterocycles. The summed E-state index contributed by atoms with van der Waals surface area (Å²) in [6.45, 7) is 2.57. The van der Waals surface area contributed by atoms with Crippen LogP contribution in [0.1, 0.15) is 53.0 Å². The minimum Gasteiger partial charge on any atom is -0.383 e. The molecule has 1 aromatic carbocycles. The Kier molecular flexibility index (Phi) is 5.27. The van der Waals surface area contributed by atoms with E-state index in [4.69, 9.17) is 0 Å². The number of carbonyl (C=O) groups excluding carboxylic acids is 3. The average Bonchev–Trinajstić information content (AvgIpc) is 3.12. The van der Waals surface area contributed by atoms with E-state index in [1.165, 1.54) is 10.5 Å². The normalized spacial score (nSPS) is 23.2. The number of rotatable bonds is 4. The number of aliphatic hydroxyl groups is 1. The Hall–Kier alpha value is -3.10. The van der Waals surface area contributed by atoms with Crippen LogP contribution in [0.3, 0.4) is 0 Å². The molecule has 8 nitrogen and oxygen atoms in total. The van der Waals surface area contributed by atoms with Crippen LogP contribution >= 0.6 is 0 Å². The molecule has 4 heterocycles. The van der Waals surface area contributed by atoms with Gasteiger partial charge in [-0.15, -0.1) is 0 Å². The molecule has 8 heteroatoms. The first-order valence-corrected chi connectivity index (χ1v) is 11.1. The second kappa shape index (κ2) is 8.11. The standard InChI is InChI=1S/C24H26N4O4/c29-21-9-7-19(22(30)26-21)28-15-18-17(23(28)31)6-8-20(25-18)24(32)10-12-27(13-11-24)14-16-4-2-1-3-5-16/h1-6,8,19,32H,7,9-15H2,(H,26,29,30). The van der Waals surface area contributed by atoms with Gasteiger partial charge in [0.25, 0.3) is 5.91 Å². The molecule has 3 aliphatic heterocycles. The fraction of sp³-hybridized carbons (Fsp3) is 0.417. The maximum atomic E-state index is 12.9. The lowest BCUT2D eigenvalue weighted by Gasteiger charge is -2.38. The molecule has 1 atom stereocenters. The fourth-order valence-electron chi connectivity index (χ4n) is 4.87. The molecule has 3 amide bonds. The van der Waals surface area contributed by atoms with Crippen molar-refractivity contribution in [2.75, 3.05) is 13.1 Å². The van der Waals surface area contributed by atoms with Crippen molar-refractivity contribution in [1.82, 2.24) is 20.1 Å². The van der Waals surface area contributed by atoms with Crippen LogP contribution in [0.15, 0.2) is 42.5 Å². The summed E-state index contributed by atoms with van der Waals surface area (Å²) in [5.74, 6) is -0.998. The number of hydrogen-bond acceptors (Lipinski definition) is 6. The lowest BCUT2D eigenvalue weighted by Crippen LogP contribution is -2.52. The first-order chi connectivity index (χ1) is 15.4. The van der Waals surface area contributed by atoms with Crippen molar-refractivity contribution in [1.29, 1.82) is 0 Å². The number of likely N-dealkylation sites (tertiary alicyclic amines) is 1. The van der Waals surface area contributed by atoms with Crippen LogP contribution in [0.5, 0.6) is 0 Å². The van der Waals surface area contributed by atoms with Crippen molar-refractivity contribution in [3.05, 3.63) is 65.0 Å². The highest BCUT2D eigenvalue weighted by atomic mass is 16.3. The Labute approximate surface area is 186 Å². The van der Waals surface area contributed by atoms with Gasteiger partial charge >= 0.3 is 0 Å². The Balaban J connectivity index is 1.28. The zero-order chi connectivity index (χ0) is 22.3. The number of nitrogens with one attached hydrogen (secondary N) is 1. The van der Waals surface area contributed by atoms with E-state index < -0.39 is 17.6 Å². The highest BCUT2D eigenvalue weighted by Gasteiger charge is 2.41. The smallest absolute Gasteiger partial charge is 0.256 e. The number of carbonyl (C=O) groups is 3. The van der Waals surface area contributed by atoms with Crippen LogP contribution in [0.2, 0.25) is 0 Å². The van der Waals surface area contributed by atoms with Gasteiger partial charge in [-0.05, 0) is 37.0 Å². The fourth-order valence-corrected chi connectivity index (χ4v) is 4.87. The third-order valence-electron chi connectivity index (χ3n) is 6.78. The number of nitrogens with zero attached hydrogens (tertiary/aromatic N) is 3. The number of hydrogen-bond donors (Lipinski definition) is 2. The number of fused-ring (bicyclic) bond motifs is 1. The average molecular weight is 434 g/mol. The number of piperidine rings is 2. The minimum atomic E-state index is -1.03. The van der Waals surface area contributed by atoms with Crippen molar-refractivity contribution in [2.24, 2.45) is 0 Å². The molecular weight excluding hydrogens is 408 g/mol. The molecule has 2 aromatic rings. The van der Waals surface area contributed by atoms with Gasteiger partial charge in [0.2, 0.25) is 11.8 Å². The van der Waals surface area contributed by atoms with Crippen LogP contribution < -0.4 is 5.32 Å². The van der Waals surface area contributed by atoms with E-state index in [1.807, 2.05) is 18.2 Å². The molecule has 32 heavy (non-hydrogen) atoms. The summed E-state index contributed by atoms with van der Waals surface area (Å²) in [6, 6.07) is 13.1. The van der Waals surface area contributed by atoms with E-state index >= 15 is 0 Å². The van der Waals surface area contributed by atoms with Gasteiger partial charge in [-0.3, -0.25) is 29.6 Å². The predicted octanol–water partition coefficient (Wildman–Crippen LogP) is 1.33. The number of aromatic nitrogens is 1. The highest BCUT2D eigenvalue weighted by Crippen LogP contribution is 2.34. The molecular formula is C24H26N4O4. The molecule has 0 spiro atoms. The van der Waals surface area contributed by atoms with Crippen LogP contribution in [-0.4, -0.2) is 56.7 Å². The van der Waals surface area contributed by atoms with Crippen molar-refractivity contribution >= 4 is 17.7 Å². The molecule has 2 N–H and O–H groups in total. The third-order valence-corrected chi connectivity index (χ3v) is 6.78. The summed E-state index contributed by atoms with van der Waals surface area (Å²) in [7, 11) is 0. The van der Waals surface area contributed by atoms with Crippen LogP contribution in [0, 0.1) is 0 Å². The van der Waals surface area contributed by atoms with Gasteiger partial charge in [-0.25, -0.2) is 0 Å². The third kappa shape index (κ3) is 3.80. The topological polar surface area (TPSA) is 103 Å². The van der Waals surface area contributed by atoms with Crippen LogP contribution in [-0.2, 0) is 28.3 Å². The van der Waals surface area contributed by atoms with Gasteiger partial charge in [-0.2, -0.15) is 0 Å². The SMILES string of the molecule is O=C1CCC(N2Cc3nc(C4(O)CCN(Cc5ccccc5)CC4)ccc3C2=O)C(=O)N1. The molecule has 0 radical (unpaired) electrons. The zero-order valence-electron chi connectivity index (χ0n) is 17.8. The van der Waals surface area contributed by atoms with Crippen molar-refractivity contribution in [3.8, 4) is 0 Å². The summed E-state index contributed by atoms with van der Waals surface area (Å²) in [5, 5.41) is 13.6. The number of imide groups is 1. The summed E-state index contributed by atoms with van der Waals surface area (Å²) in [5.41, 5.74) is 1.84. The van der Waals surface area contributed by atoms with E-state index in [1.54, 1.807) is 12.1 Å². The number of pyridine rings is 1. The minimum absolute atomic E-state index is 0.213. The van der Waals surface area contributed by atoms with Crippen LogP contribution in [0.4, 0.5) is 0 Å². The second-order valence-corrected chi connectivity index (χ2v) is 8.88. The molecule has 1 unspecified atom stereocenters. The molecule has 3 aliphatic rings. The van der Waals surface area contributed by atoms with Gasteiger partial charge in [-0.1, -0.05) is 30.3 Å². The second-order valence-electron chi connectivity index (χ2n) is 8.88. The lowest BCUT2D eigenvalue weighted by molar-refractivity contribution is -0.136. The van der Waals surface area contributed by atoms with Crippen molar-refractivity contribution in [3.63, 3.8) is 0 Å². The van der Waals surface area contributed by atoms with Gasteiger partial charge in [0.1, 0.15) is 11.6 Å². The Morgan fingerprint density at radius 1 is 1.06 bits per heavy atom. The first-order valence-electron chi connectivity index (χ1n) is 11.1. The maximum Gasteiger partial charge on any atom is 0.256 e. The summed E-state index contributed by atoms with van der Waals surface area (Å²) >= 11 is 0. The predicted molar refractivity (Wildman–Crippen MR) is 115 cm³/mol. The zero-order valence-corrected chi connectivity index (χ0v) is 17.8. The Bertz CT molecular complexity index is 1060. The molecule has 0 bridgehead atoms. The van der Waals surface area contributed by atoms with Crippen molar-refractivity contribution < 1.29 is 19.5 Å². The Morgan fingerprint density at radius 2 is 1.81 bits per heavy atom. The summed E-state index contributed by atoms with van der Waals surface area (Å²) in [6.07, 6.45) is 1.67. The van der Waals surface area contributed by atoms with E-state index in [2.05, 4.69) is 27.3 Å². The Morgan fingerprint density at radius 3 is 2.53 bits per heavy atom. The monoisotopic (exact) mass is 434 g/mol. The molecule has 166 valence electrons. The van der Waals surface area contributed by atoms with E-state index in [9.17, 15) is 19.5 Å². The lowest BCUT2D eigenvalue weighted by atomic mass is 9.87. The van der Waals surface area contributed by atoms with E-state index in [0.29, 0.717) is 36.2 Å². The quantitative estimate of drug-likeness (QED) is 0.704. The molecule has 2 fully saturated rings. The molecule has 5 rings (SSSR count). The summed E-state index contributed by atoms with van der Waals surface area (Å²) in [4.78, 5) is 45.0. The molecule has 0 saturated carbocycles. The number of benzene rings is 1. The van der Waals surface area contributed by atoms with E-state index in [-0.39, 0.29) is 24.8 Å². The first kappa shape index (κ1) is 20.8. The molecule has 2 saturated heterocycles.